The molecule has 2 aromatic rings. The zero-order valence-electron chi connectivity index (χ0n) is 14.2. The molecule has 0 bridgehead atoms. The summed E-state index contributed by atoms with van der Waals surface area (Å²) in [6.45, 7) is 1.64. The molecular weight excluding hydrogens is 314 g/mol. The third-order valence-corrected chi connectivity index (χ3v) is 4.23. The molecule has 3 rings (SSSR count). The number of aliphatic hydroxyl groups excluding tert-OH is 1. The molecule has 1 unspecified atom stereocenters. The SMILES string of the molecule is O=C(C=Cc1cccc(OCc2ccccc2)c1)N1CCCC(O)C1. The first-order chi connectivity index (χ1) is 12.2. The maximum absolute atomic E-state index is 12.2. The average Bonchev–Trinajstić information content (AvgIpc) is 2.66. The van der Waals surface area contributed by atoms with Gasteiger partial charge in [0.25, 0.3) is 0 Å². The summed E-state index contributed by atoms with van der Waals surface area (Å²) in [7, 11) is 0. The summed E-state index contributed by atoms with van der Waals surface area (Å²) in [5.41, 5.74) is 2.03. The number of rotatable bonds is 5. The Morgan fingerprint density at radius 1 is 1.20 bits per heavy atom. The molecular formula is C21H23NO3. The monoisotopic (exact) mass is 337 g/mol. The predicted octanol–water partition coefficient (Wildman–Crippen LogP) is 3.26. The highest BCUT2D eigenvalue weighted by atomic mass is 16.5. The van der Waals surface area contributed by atoms with Crippen LogP contribution in [0.1, 0.15) is 24.0 Å². The Morgan fingerprint density at radius 2 is 2.04 bits per heavy atom. The minimum absolute atomic E-state index is 0.0608. The molecule has 4 heteroatoms. The van der Waals surface area contributed by atoms with Crippen molar-refractivity contribution in [1.82, 2.24) is 4.90 Å². The fourth-order valence-electron chi connectivity index (χ4n) is 2.88. The van der Waals surface area contributed by atoms with Gasteiger partial charge < -0.3 is 14.7 Å². The number of β-amino-alcohol motifs (C(OH)–C–C–N with tert-alkyl or cyclic N) is 1. The largest absolute Gasteiger partial charge is 0.489 e. The molecule has 0 aromatic heterocycles. The highest BCUT2D eigenvalue weighted by Crippen LogP contribution is 2.17. The van der Waals surface area contributed by atoms with E-state index in [0.29, 0.717) is 19.7 Å². The number of carbonyl (C=O) groups excluding carboxylic acids is 1. The zero-order chi connectivity index (χ0) is 17.5. The number of piperidine rings is 1. The number of aliphatic hydroxyl groups is 1. The summed E-state index contributed by atoms with van der Waals surface area (Å²) in [5.74, 6) is 0.709. The fourth-order valence-corrected chi connectivity index (χ4v) is 2.88. The molecule has 130 valence electrons. The molecule has 0 aliphatic carbocycles. The van der Waals surface area contributed by atoms with Gasteiger partial charge in [0.1, 0.15) is 12.4 Å². The van der Waals surface area contributed by atoms with Gasteiger partial charge in [0.05, 0.1) is 6.10 Å². The van der Waals surface area contributed by atoms with Gasteiger partial charge in [0.15, 0.2) is 0 Å². The van der Waals surface area contributed by atoms with Crippen LogP contribution in [0.5, 0.6) is 5.75 Å². The molecule has 1 aliphatic rings. The first-order valence-electron chi connectivity index (χ1n) is 8.62. The lowest BCUT2D eigenvalue weighted by Gasteiger charge is -2.29. The Kier molecular flexibility index (Phi) is 5.86. The molecule has 1 amide bonds. The van der Waals surface area contributed by atoms with Crippen molar-refractivity contribution in [2.45, 2.75) is 25.6 Å². The van der Waals surface area contributed by atoms with Crippen LogP contribution in [-0.2, 0) is 11.4 Å². The summed E-state index contributed by atoms with van der Waals surface area (Å²) in [5, 5.41) is 9.67. The van der Waals surface area contributed by atoms with Gasteiger partial charge in [0, 0.05) is 19.2 Å². The van der Waals surface area contributed by atoms with Crippen LogP contribution in [0.3, 0.4) is 0 Å². The van der Waals surface area contributed by atoms with Crippen LogP contribution in [0.15, 0.2) is 60.7 Å². The molecule has 1 saturated heterocycles. The van der Waals surface area contributed by atoms with Gasteiger partial charge in [-0.1, -0.05) is 42.5 Å². The number of nitrogens with zero attached hydrogens (tertiary/aromatic N) is 1. The van der Waals surface area contributed by atoms with Crippen LogP contribution in [0.2, 0.25) is 0 Å². The van der Waals surface area contributed by atoms with Crippen molar-refractivity contribution in [2.75, 3.05) is 13.1 Å². The standard InChI is InChI=1S/C21H23NO3/c23-19-9-5-13-22(15-19)21(24)12-11-17-8-4-10-20(14-17)25-16-18-6-2-1-3-7-18/h1-4,6-8,10-12,14,19,23H,5,9,13,15-16H2. The Bertz CT molecular complexity index is 727. The molecule has 0 saturated carbocycles. The molecule has 1 aliphatic heterocycles. The molecule has 1 heterocycles. The molecule has 2 aromatic carbocycles. The van der Waals surface area contributed by atoms with E-state index in [2.05, 4.69) is 0 Å². The number of hydrogen-bond donors (Lipinski definition) is 1. The van der Waals surface area contributed by atoms with Gasteiger partial charge in [-0.15, -0.1) is 0 Å². The lowest BCUT2D eigenvalue weighted by molar-refractivity contribution is -0.128. The predicted molar refractivity (Wildman–Crippen MR) is 98.1 cm³/mol. The quantitative estimate of drug-likeness (QED) is 0.852. The Balaban J connectivity index is 1.58. The molecule has 0 spiro atoms. The Labute approximate surface area is 148 Å². The second kappa shape index (κ2) is 8.49. The van der Waals surface area contributed by atoms with E-state index >= 15 is 0 Å². The molecule has 1 fully saturated rings. The smallest absolute Gasteiger partial charge is 0.246 e. The number of amides is 1. The molecule has 1 atom stereocenters. The lowest BCUT2D eigenvalue weighted by atomic mass is 10.1. The topological polar surface area (TPSA) is 49.8 Å². The molecule has 4 nitrogen and oxygen atoms in total. The van der Waals surface area contributed by atoms with Crippen molar-refractivity contribution < 1.29 is 14.6 Å². The third kappa shape index (κ3) is 5.19. The minimum atomic E-state index is -0.402. The van der Waals surface area contributed by atoms with Crippen LogP contribution in [-0.4, -0.2) is 35.1 Å². The summed E-state index contributed by atoms with van der Waals surface area (Å²) >= 11 is 0. The average molecular weight is 337 g/mol. The van der Waals surface area contributed by atoms with Crippen LogP contribution in [0, 0.1) is 0 Å². The van der Waals surface area contributed by atoms with Crippen molar-refractivity contribution >= 4 is 12.0 Å². The van der Waals surface area contributed by atoms with E-state index in [1.165, 1.54) is 0 Å². The van der Waals surface area contributed by atoms with E-state index in [0.717, 1.165) is 29.7 Å². The van der Waals surface area contributed by atoms with Crippen molar-refractivity contribution in [2.24, 2.45) is 0 Å². The second-order valence-corrected chi connectivity index (χ2v) is 6.26. The third-order valence-electron chi connectivity index (χ3n) is 4.23. The van der Waals surface area contributed by atoms with Gasteiger partial charge in [-0.25, -0.2) is 0 Å². The van der Waals surface area contributed by atoms with Crippen LogP contribution in [0.4, 0.5) is 0 Å². The summed E-state index contributed by atoms with van der Waals surface area (Å²) < 4.78 is 5.81. The number of hydrogen-bond acceptors (Lipinski definition) is 3. The van der Waals surface area contributed by atoms with Crippen LogP contribution in [0.25, 0.3) is 6.08 Å². The molecule has 1 N–H and O–H groups in total. The van der Waals surface area contributed by atoms with Crippen molar-refractivity contribution in [1.29, 1.82) is 0 Å². The number of carbonyl (C=O) groups is 1. The first-order valence-corrected chi connectivity index (χ1v) is 8.62. The summed E-state index contributed by atoms with van der Waals surface area (Å²) in [6, 6.07) is 17.7. The van der Waals surface area contributed by atoms with Gasteiger partial charge in [-0.3, -0.25) is 4.79 Å². The summed E-state index contributed by atoms with van der Waals surface area (Å²) in [4.78, 5) is 13.9. The highest BCUT2D eigenvalue weighted by Gasteiger charge is 2.20. The van der Waals surface area contributed by atoms with Crippen LogP contribution < -0.4 is 4.74 Å². The van der Waals surface area contributed by atoms with E-state index in [4.69, 9.17) is 4.74 Å². The normalized spacial score (nSPS) is 17.6. The minimum Gasteiger partial charge on any atom is -0.489 e. The van der Waals surface area contributed by atoms with Gasteiger partial charge in [-0.2, -0.15) is 0 Å². The zero-order valence-corrected chi connectivity index (χ0v) is 14.2. The van der Waals surface area contributed by atoms with Crippen molar-refractivity contribution in [3.63, 3.8) is 0 Å². The van der Waals surface area contributed by atoms with Crippen LogP contribution >= 0.6 is 0 Å². The van der Waals surface area contributed by atoms with E-state index in [-0.39, 0.29) is 5.91 Å². The Morgan fingerprint density at radius 3 is 2.84 bits per heavy atom. The summed E-state index contributed by atoms with van der Waals surface area (Å²) in [6.07, 6.45) is 4.58. The Hall–Kier alpha value is -2.59. The van der Waals surface area contributed by atoms with E-state index in [1.807, 2.05) is 54.6 Å². The lowest BCUT2D eigenvalue weighted by Crippen LogP contribution is -2.41. The van der Waals surface area contributed by atoms with E-state index in [9.17, 15) is 9.90 Å². The maximum atomic E-state index is 12.2. The number of likely N-dealkylation sites (tertiary alicyclic amines) is 1. The second-order valence-electron chi connectivity index (χ2n) is 6.26. The molecule has 25 heavy (non-hydrogen) atoms. The van der Waals surface area contributed by atoms with E-state index in [1.54, 1.807) is 17.1 Å². The highest BCUT2D eigenvalue weighted by molar-refractivity contribution is 5.91. The van der Waals surface area contributed by atoms with Crippen molar-refractivity contribution in [3.8, 4) is 5.75 Å². The van der Waals surface area contributed by atoms with Crippen molar-refractivity contribution in [3.05, 3.63) is 71.8 Å². The fraction of sp³-hybridized carbons (Fsp3) is 0.286. The first kappa shape index (κ1) is 17.2. The number of ether oxygens (including phenoxy) is 1. The van der Waals surface area contributed by atoms with Gasteiger partial charge in [0.2, 0.25) is 5.91 Å². The molecule has 0 radical (unpaired) electrons. The van der Waals surface area contributed by atoms with Gasteiger partial charge >= 0.3 is 0 Å². The van der Waals surface area contributed by atoms with Gasteiger partial charge in [-0.05, 0) is 42.2 Å². The maximum Gasteiger partial charge on any atom is 0.246 e. The van der Waals surface area contributed by atoms with E-state index < -0.39 is 6.10 Å². The number of benzene rings is 2.